The lowest BCUT2D eigenvalue weighted by Gasteiger charge is -2.16. The van der Waals surface area contributed by atoms with Crippen LogP contribution in [0.5, 0.6) is 0 Å². The molecule has 0 saturated heterocycles. The standard InChI is InChI=1S/C14H10ClF2NO2/c15-11-5-4-8(6-12(11)17)13(14(19)20)18-10-3-1-2-9(16)7-10/h1-7,13,18H,(H,19,20). The number of nitrogens with one attached hydrogen (secondary N) is 1. The Labute approximate surface area is 118 Å². The lowest BCUT2D eigenvalue weighted by molar-refractivity contribution is -0.138. The number of aliphatic carboxylic acids is 1. The monoisotopic (exact) mass is 297 g/mol. The van der Waals surface area contributed by atoms with Crippen LogP contribution < -0.4 is 5.32 Å². The summed E-state index contributed by atoms with van der Waals surface area (Å²) in [5, 5.41) is 11.7. The number of carbonyl (C=O) groups is 1. The van der Waals surface area contributed by atoms with E-state index in [2.05, 4.69) is 5.32 Å². The van der Waals surface area contributed by atoms with E-state index in [9.17, 15) is 18.7 Å². The average molecular weight is 298 g/mol. The fourth-order valence-electron chi connectivity index (χ4n) is 1.72. The molecule has 6 heteroatoms. The number of carboxylic acids is 1. The third-order valence-corrected chi connectivity index (χ3v) is 2.97. The minimum absolute atomic E-state index is 0.0938. The van der Waals surface area contributed by atoms with Gasteiger partial charge in [0.25, 0.3) is 0 Å². The molecule has 0 heterocycles. The molecule has 0 aliphatic carbocycles. The Kier molecular flexibility index (Phi) is 4.20. The lowest BCUT2D eigenvalue weighted by atomic mass is 10.1. The minimum Gasteiger partial charge on any atom is -0.479 e. The van der Waals surface area contributed by atoms with Gasteiger partial charge in [0.15, 0.2) is 6.04 Å². The van der Waals surface area contributed by atoms with E-state index >= 15 is 0 Å². The third kappa shape index (κ3) is 3.24. The first kappa shape index (κ1) is 14.3. The van der Waals surface area contributed by atoms with Crippen LogP contribution in [0.4, 0.5) is 14.5 Å². The number of halogens is 3. The Balaban J connectivity index is 2.32. The van der Waals surface area contributed by atoms with Gasteiger partial charge in [-0.2, -0.15) is 0 Å². The summed E-state index contributed by atoms with van der Waals surface area (Å²) in [6.45, 7) is 0. The zero-order valence-electron chi connectivity index (χ0n) is 10.1. The SMILES string of the molecule is O=C(O)C(Nc1cccc(F)c1)c1ccc(Cl)c(F)c1. The molecule has 0 saturated carbocycles. The van der Waals surface area contributed by atoms with Crippen LogP contribution in [0.25, 0.3) is 0 Å². The maximum Gasteiger partial charge on any atom is 0.330 e. The van der Waals surface area contributed by atoms with Gasteiger partial charge < -0.3 is 10.4 Å². The van der Waals surface area contributed by atoms with Crippen LogP contribution in [0.15, 0.2) is 42.5 Å². The molecule has 2 aromatic carbocycles. The smallest absolute Gasteiger partial charge is 0.330 e. The first-order valence-electron chi connectivity index (χ1n) is 5.67. The Morgan fingerprint density at radius 3 is 2.55 bits per heavy atom. The van der Waals surface area contributed by atoms with Gasteiger partial charge in [0.05, 0.1) is 5.02 Å². The predicted molar refractivity (Wildman–Crippen MR) is 71.8 cm³/mol. The van der Waals surface area contributed by atoms with Crippen molar-refractivity contribution in [2.75, 3.05) is 5.32 Å². The van der Waals surface area contributed by atoms with Gasteiger partial charge in [-0.25, -0.2) is 13.6 Å². The van der Waals surface area contributed by atoms with Gasteiger partial charge in [-0.15, -0.1) is 0 Å². The van der Waals surface area contributed by atoms with Crippen molar-refractivity contribution in [2.24, 2.45) is 0 Å². The number of hydrogen-bond acceptors (Lipinski definition) is 2. The molecule has 2 aromatic rings. The van der Waals surface area contributed by atoms with Crippen LogP contribution in [-0.2, 0) is 4.79 Å². The third-order valence-electron chi connectivity index (χ3n) is 2.66. The number of anilines is 1. The van der Waals surface area contributed by atoms with E-state index in [1.807, 2.05) is 0 Å². The van der Waals surface area contributed by atoms with Crippen molar-refractivity contribution in [3.63, 3.8) is 0 Å². The van der Waals surface area contributed by atoms with Gasteiger partial charge in [-0.1, -0.05) is 23.7 Å². The minimum atomic E-state index is -1.21. The number of hydrogen-bond donors (Lipinski definition) is 2. The molecule has 0 spiro atoms. The van der Waals surface area contributed by atoms with Crippen molar-refractivity contribution in [3.8, 4) is 0 Å². The largest absolute Gasteiger partial charge is 0.479 e. The molecule has 20 heavy (non-hydrogen) atoms. The second kappa shape index (κ2) is 5.88. The van der Waals surface area contributed by atoms with E-state index < -0.39 is 23.6 Å². The zero-order valence-corrected chi connectivity index (χ0v) is 10.9. The highest BCUT2D eigenvalue weighted by atomic mass is 35.5. The maximum absolute atomic E-state index is 13.4. The van der Waals surface area contributed by atoms with Crippen molar-refractivity contribution in [1.29, 1.82) is 0 Å². The van der Waals surface area contributed by atoms with E-state index in [0.717, 1.165) is 12.1 Å². The molecule has 104 valence electrons. The van der Waals surface area contributed by atoms with Crippen molar-refractivity contribution in [2.45, 2.75) is 6.04 Å². The second-order valence-corrected chi connectivity index (χ2v) is 4.51. The van der Waals surface area contributed by atoms with E-state index in [1.54, 1.807) is 0 Å². The molecule has 2 N–H and O–H groups in total. The van der Waals surface area contributed by atoms with E-state index in [1.165, 1.54) is 30.3 Å². The fraction of sp³-hybridized carbons (Fsp3) is 0.0714. The average Bonchev–Trinajstić information content (AvgIpc) is 2.39. The summed E-state index contributed by atoms with van der Waals surface area (Å²) in [4.78, 5) is 11.3. The summed E-state index contributed by atoms with van der Waals surface area (Å²) < 4.78 is 26.5. The molecule has 0 fully saturated rings. The number of rotatable bonds is 4. The second-order valence-electron chi connectivity index (χ2n) is 4.10. The molecule has 0 radical (unpaired) electrons. The van der Waals surface area contributed by atoms with Gasteiger partial charge in [0.2, 0.25) is 0 Å². The van der Waals surface area contributed by atoms with Crippen molar-refractivity contribution < 1.29 is 18.7 Å². The van der Waals surface area contributed by atoms with Gasteiger partial charge in [0, 0.05) is 5.69 Å². The summed E-state index contributed by atoms with van der Waals surface area (Å²) in [6.07, 6.45) is 0. The molecule has 3 nitrogen and oxygen atoms in total. The topological polar surface area (TPSA) is 49.3 Å². The molecule has 2 rings (SSSR count). The molecule has 0 aliphatic rings. The van der Waals surface area contributed by atoms with E-state index in [-0.39, 0.29) is 16.3 Å². The van der Waals surface area contributed by atoms with Crippen LogP contribution in [0, 0.1) is 11.6 Å². The molecule has 1 unspecified atom stereocenters. The van der Waals surface area contributed by atoms with Crippen molar-refractivity contribution >= 4 is 23.3 Å². The van der Waals surface area contributed by atoms with Gasteiger partial charge in [-0.3, -0.25) is 0 Å². The Hall–Kier alpha value is -2.14. The first-order chi connectivity index (χ1) is 9.47. The Morgan fingerprint density at radius 2 is 1.95 bits per heavy atom. The van der Waals surface area contributed by atoms with Gasteiger partial charge in [-0.05, 0) is 35.9 Å². The molecule has 0 aliphatic heterocycles. The van der Waals surface area contributed by atoms with Crippen LogP contribution in [-0.4, -0.2) is 11.1 Å². The zero-order chi connectivity index (χ0) is 14.7. The van der Waals surface area contributed by atoms with E-state index in [0.29, 0.717) is 0 Å². The molecule has 0 amide bonds. The van der Waals surface area contributed by atoms with Crippen LogP contribution >= 0.6 is 11.6 Å². The number of benzene rings is 2. The highest BCUT2D eigenvalue weighted by Gasteiger charge is 2.20. The first-order valence-corrected chi connectivity index (χ1v) is 6.05. The Morgan fingerprint density at radius 1 is 1.20 bits per heavy atom. The van der Waals surface area contributed by atoms with Gasteiger partial charge >= 0.3 is 5.97 Å². The molecule has 0 aromatic heterocycles. The van der Waals surface area contributed by atoms with Crippen LogP contribution in [0.3, 0.4) is 0 Å². The van der Waals surface area contributed by atoms with Crippen molar-refractivity contribution in [1.82, 2.24) is 0 Å². The molecule has 1 atom stereocenters. The summed E-state index contributed by atoms with van der Waals surface area (Å²) in [5.74, 6) is -2.42. The summed E-state index contributed by atoms with van der Waals surface area (Å²) in [6, 6.07) is 7.86. The van der Waals surface area contributed by atoms with Crippen LogP contribution in [0.1, 0.15) is 11.6 Å². The molecular formula is C14H10ClF2NO2. The summed E-state index contributed by atoms with van der Waals surface area (Å²) in [5.41, 5.74) is 0.469. The maximum atomic E-state index is 13.4. The highest BCUT2D eigenvalue weighted by molar-refractivity contribution is 6.30. The number of carboxylic acid groups (broad SMARTS) is 1. The highest BCUT2D eigenvalue weighted by Crippen LogP contribution is 2.24. The normalized spacial score (nSPS) is 11.9. The van der Waals surface area contributed by atoms with Crippen LogP contribution in [0.2, 0.25) is 5.02 Å². The molecular weight excluding hydrogens is 288 g/mol. The predicted octanol–water partition coefficient (Wildman–Crippen LogP) is 3.86. The fourth-order valence-corrected chi connectivity index (χ4v) is 1.84. The van der Waals surface area contributed by atoms with Gasteiger partial charge in [0.1, 0.15) is 11.6 Å². The molecule has 0 bridgehead atoms. The quantitative estimate of drug-likeness (QED) is 0.901. The van der Waals surface area contributed by atoms with E-state index in [4.69, 9.17) is 11.6 Å². The van der Waals surface area contributed by atoms with Crippen molar-refractivity contribution in [3.05, 3.63) is 64.7 Å². The summed E-state index contributed by atoms with van der Waals surface area (Å²) in [7, 11) is 0. The Bertz CT molecular complexity index is 649. The lowest BCUT2D eigenvalue weighted by Crippen LogP contribution is -2.20. The summed E-state index contributed by atoms with van der Waals surface area (Å²) >= 11 is 5.55.